The number of aliphatic hydroxyl groups is 3. The number of hydrogen-bond donors (Lipinski definition) is 5. The van der Waals surface area contributed by atoms with Crippen LogP contribution >= 0.6 is 0 Å². The summed E-state index contributed by atoms with van der Waals surface area (Å²) < 4.78 is 35.8. The van der Waals surface area contributed by atoms with Crippen molar-refractivity contribution < 1.29 is 58.7 Å². The number of benzene rings is 3. The molecule has 7 rings (SSSR count). The molecule has 0 radical (unpaired) electrons. The molecule has 43 heavy (non-hydrogen) atoms. The van der Waals surface area contributed by atoms with Crippen LogP contribution in [0.15, 0.2) is 48.5 Å². The molecule has 12 nitrogen and oxygen atoms in total. The predicted molar refractivity (Wildman–Crippen MR) is 148 cm³/mol. The monoisotopic (exact) mass is 592 g/mol. The highest BCUT2D eigenvalue weighted by Gasteiger charge is 2.58. The van der Waals surface area contributed by atoms with Crippen LogP contribution in [0.1, 0.15) is 28.7 Å². The summed E-state index contributed by atoms with van der Waals surface area (Å²) in [6.45, 7) is 0.236. The first-order valence-corrected chi connectivity index (χ1v) is 13.5. The standard InChI is InChI=1S/C31H28O12/c1-38-19-7-6-15-18-12-40-24-16-8-9-31(29(35)23(34)22(33)28(43-31)30(36)37)42-20(16)11-17(13-4-3-5-14(32)10-13)21(24)25(18)41-26(15)27(19)39-2/h3-11,18,22-23,25,28-29,32-35H,12H2,1-2H3,(H,36,37)/t18-,22-,23-,25-,28-,29+,31+/m0/s1. The van der Waals surface area contributed by atoms with Crippen molar-refractivity contribution in [2.24, 2.45) is 0 Å². The van der Waals surface area contributed by atoms with Gasteiger partial charge in [-0.2, -0.15) is 0 Å². The molecule has 0 saturated carbocycles. The lowest BCUT2D eigenvalue weighted by atomic mass is 9.82. The fourth-order valence-corrected chi connectivity index (χ4v) is 6.33. The molecule has 0 aliphatic carbocycles. The van der Waals surface area contributed by atoms with Crippen LogP contribution in [-0.4, -0.2) is 82.5 Å². The molecule has 12 heteroatoms. The number of fused-ring (bicyclic) bond motifs is 7. The van der Waals surface area contributed by atoms with Crippen LogP contribution < -0.4 is 23.7 Å². The van der Waals surface area contributed by atoms with E-state index in [1.54, 1.807) is 37.5 Å². The lowest BCUT2D eigenvalue weighted by Crippen LogP contribution is -2.67. The van der Waals surface area contributed by atoms with Crippen LogP contribution in [0.2, 0.25) is 0 Å². The maximum atomic E-state index is 11.8. The van der Waals surface area contributed by atoms with Crippen molar-refractivity contribution in [2.75, 3.05) is 20.8 Å². The highest BCUT2D eigenvalue weighted by molar-refractivity contribution is 5.82. The van der Waals surface area contributed by atoms with Crippen LogP contribution in [0.4, 0.5) is 0 Å². The minimum absolute atomic E-state index is 0.0176. The number of carbonyl (C=O) groups is 1. The van der Waals surface area contributed by atoms with Crippen molar-refractivity contribution in [2.45, 2.75) is 42.2 Å². The second-order valence-electron chi connectivity index (χ2n) is 10.8. The molecule has 4 aliphatic heterocycles. The summed E-state index contributed by atoms with van der Waals surface area (Å²) in [7, 11) is 3.08. The number of ether oxygens (including phenoxy) is 6. The van der Waals surface area contributed by atoms with Gasteiger partial charge in [-0.15, -0.1) is 0 Å². The Hall–Kier alpha value is -4.49. The molecular formula is C31H28O12. The van der Waals surface area contributed by atoms with Gasteiger partial charge in [0.1, 0.15) is 35.6 Å². The van der Waals surface area contributed by atoms with Crippen LogP contribution in [0.3, 0.4) is 0 Å². The summed E-state index contributed by atoms with van der Waals surface area (Å²) in [5.41, 5.74) is 3.19. The number of aliphatic hydroxyl groups excluding tert-OH is 3. The highest BCUT2D eigenvalue weighted by atomic mass is 16.7. The van der Waals surface area contributed by atoms with Gasteiger partial charge in [0.2, 0.25) is 5.75 Å². The largest absolute Gasteiger partial charge is 0.508 e. The first-order chi connectivity index (χ1) is 20.7. The zero-order chi connectivity index (χ0) is 30.2. The van der Waals surface area contributed by atoms with Crippen LogP contribution in [0.25, 0.3) is 17.2 Å². The van der Waals surface area contributed by atoms with E-state index in [9.17, 15) is 30.3 Å². The van der Waals surface area contributed by atoms with Gasteiger partial charge in [0.05, 0.1) is 32.3 Å². The van der Waals surface area contributed by atoms with Crippen molar-refractivity contribution in [1.82, 2.24) is 0 Å². The number of phenolic OH excluding ortho intramolecular Hbond substituents is 1. The van der Waals surface area contributed by atoms with E-state index in [2.05, 4.69) is 0 Å². The van der Waals surface area contributed by atoms with E-state index in [1.165, 1.54) is 19.3 Å². The highest BCUT2D eigenvalue weighted by Crippen LogP contribution is 2.60. The number of aliphatic carboxylic acids is 1. The molecule has 4 aliphatic rings. The Balaban J connectivity index is 1.39. The lowest BCUT2D eigenvalue weighted by Gasteiger charge is -2.47. The maximum absolute atomic E-state index is 11.8. The Labute approximate surface area is 244 Å². The molecule has 1 fully saturated rings. The molecule has 224 valence electrons. The average Bonchev–Trinajstić information content (AvgIpc) is 3.39. The molecule has 1 saturated heterocycles. The number of aromatic hydroxyl groups is 1. The van der Waals surface area contributed by atoms with Crippen LogP contribution in [0, 0.1) is 0 Å². The van der Waals surface area contributed by atoms with Gasteiger partial charge in [0.15, 0.2) is 23.7 Å². The average molecular weight is 593 g/mol. The Morgan fingerprint density at radius 1 is 1.02 bits per heavy atom. The maximum Gasteiger partial charge on any atom is 0.335 e. The number of carboxylic acid groups (broad SMARTS) is 1. The summed E-state index contributed by atoms with van der Waals surface area (Å²) in [4.78, 5) is 11.8. The van der Waals surface area contributed by atoms with Crippen LogP contribution in [-0.2, 0) is 9.53 Å². The molecule has 5 N–H and O–H groups in total. The molecule has 3 aromatic carbocycles. The molecule has 3 aromatic rings. The smallest absolute Gasteiger partial charge is 0.335 e. The van der Waals surface area contributed by atoms with E-state index >= 15 is 0 Å². The third-order valence-corrected chi connectivity index (χ3v) is 8.41. The SMILES string of the molecule is COc1ccc2c(c1OC)O[C@@H]1c3c(-c4cccc(O)c4)cc4c(c3OC[C@@H]21)C=C[C@@]1(O4)O[C@H](C(=O)O)[C@@H](O)[C@H](O)[C@H]1O. The second-order valence-corrected chi connectivity index (χ2v) is 10.8. The van der Waals surface area contributed by atoms with Crippen LogP contribution in [0.5, 0.6) is 34.5 Å². The molecular weight excluding hydrogens is 564 g/mol. The van der Waals surface area contributed by atoms with Crippen molar-refractivity contribution >= 4 is 12.0 Å². The van der Waals surface area contributed by atoms with Crippen molar-refractivity contribution in [3.63, 3.8) is 0 Å². The Morgan fingerprint density at radius 3 is 2.56 bits per heavy atom. The van der Waals surface area contributed by atoms with Gasteiger partial charge in [-0.1, -0.05) is 18.2 Å². The topological polar surface area (TPSA) is 174 Å². The van der Waals surface area contributed by atoms with Crippen molar-refractivity contribution in [3.8, 4) is 45.6 Å². The predicted octanol–water partition coefficient (Wildman–Crippen LogP) is 2.35. The zero-order valence-corrected chi connectivity index (χ0v) is 23.0. The van der Waals surface area contributed by atoms with Gasteiger partial charge < -0.3 is 54.0 Å². The summed E-state index contributed by atoms with van der Waals surface area (Å²) in [6.07, 6.45) is -5.14. The molecule has 1 spiro atoms. The van der Waals surface area contributed by atoms with Crippen molar-refractivity contribution in [3.05, 3.63) is 65.2 Å². The minimum atomic E-state index is -2.12. The quantitative estimate of drug-likeness (QED) is 0.300. The van der Waals surface area contributed by atoms with Gasteiger partial charge >= 0.3 is 5.97 Å². The summed E-state index contributed by atoms with van der Waals surface area (Å²) >= 11 is 0. The third-order valence-electron chi connectivity index (χ3n) is 8.41. The van der Waals surface area contributed by atoms with Gasteiger partial charge in [-0.3, -0.25) is 0 Å². The molecule has 4 heterocycles. The van der Waals surface area contributed by atoms with Gasteiger partial charge in [0.25, 0.3) is 5.79 Å². The summed E-state index contributed by atoms with van der Waals surface area (Å²) in [5, 5.41) is 51.6. The third kappa shape index (κ3) is 3.94. The molecule has 7 atom stereocenters. The lowest BCUT2D eigenvalue weighted by molar-refractivity contribution is -0.309. The van der Waals surface area contributed by atoms with Gasteiger partial charge in [-0.05, 0) is 47.5 Å². The van der Waals surface area contributed by atoms with E-state index in [1.807, 2.05) is 12.1 Å². The second kappa shape index (κ2) is 9.78. The number of hydrogen-bond acceptors (Lipinski definition) is 11. The first kappa shape index (κ1) is 27.3. The summed E-state index contributed by atoms with van der Waals surface area (Å²) in [6, 6.07) is 12.0. The molecule has 0 unspecified atom stereocenters. The number of rotatable bonds is 4. The van der Waals surface area contributed by atoms with Gasteiger partial charge in [0, 0.05) is 11.1 Å². The van der Waals surface area contributed by atoms with E-state index in [4.69, 9.17) is 28.4 Å². The number of methoxy groups -OCH3 is 2. The Kier molecular flexibility index (Phi) is 6.22. The first-order valence-electron chi connectivity index (χ1n) is 13.5. The van der Waals surface area contributed by atoms with E-state index < -0.39 is 42.3 Å². The van der Waals surface area contributed by atoms with Gasteiger partial charge in [-0.25, -0.2) is 4.79 Å². The van der Waals surface area contributed by atoms with E-state index in [0.29, 0.717) is 45.3 Å². The zero-order valence-electron chi connectivity index (χ0n) is 23.0. The fraction of sp³-hybridized carbons (Fsp3) is 0.323. The van der Waals surface area contributed by atoms with E-state index in [0.717, 1.165) is 5.56 Å². The number of carboxylic acids is 1. The normalized spacial score (nSPS) is 29.7. The Bertz CT molecular complexity index is 1670. The Morgan fingerprint density at radius 2 is 1.84 bits per heavy atom. The summed E-state index contributed by atoms with van der Waals surface area (Å²) in [5.74, 6) is -1.79. The number of phenols is 1. The molecule has 0 bridgehead atoms. The molecule has 0 aromatic heterocycles. The van der Waals surface area contributed by atoms with E-state index in [-0.39, 0.29) is 24.0 Å². The molecule has 0 amide bonds. The van der Waals surface area contributed by atoms with Crippen molar-refractivity contribution in [1.29, 1.82) is 0 Å². The fourth-order valence-electron chi connectivity index (χ4n) is 6.33. The minimum Gasteiger partial charge on any atom is -0.508 e.